The van der Waals surface area contributed by atoms with Gasteiger partial charge in [0.25, 0.3) is 0 Å². The van der Waals surface area contributed by atoms with Crippen LogP contribution < -0.4 is 0 Å². The van der Waals surface area contributed by atoms with Crippen LogP contribution in [0.25, 0.3) is 20.2 Å². The van der Waals surface area contributed by atoms with Crippen molar-refractivity contribution in [1.82, 2.24) is 4.57 Å². The van der Waals surface area contributed by atoms with E-state index in [9.17, 15) is 0 Å². The lowest BCUT2D eigenvalue weighted by molar-refractivity contribution is 0.734. The molecule has 1 nitrogen and oxygen atoms in total. The Kier molecular flexibility index (Phi) is 2.30. The normalized spacial score (nSPS) is 12.1. The van der Waals surface area contributed by atoms with Crippen molar-refractivity contribution >= 4 is 31.5 Å². The number of benzene rings is 1. The molecule has 0 saturated heterocycles. The second kappa shape index (κ2) is 3.61. The lowest BCUT2D eigenvalue weighted by Crippen LogP contribution is -1.99. The van der Waals surface area contributed by atoms with Crippen LogP contribution in [-0.2, 0) is 7.05 Å². The molecule has 0 N–H and O–H groups in total. The Labute approximate surface area is 106 Å². The maximum atomic E-state index is 2.36. The SMILES string of the molecule is Cc1c2c(sc3ccccc32)c(C(C)C)n1C. The van der Waals surface area contributed by atoms with Gasteiger partial charge in [-0.2, -0.15) is 0 Å². The second-order valence-electron chi connectivity index (χ2n) is 4.99. The summed E-state index contributed by atoms with van der Waals surface area (Å²) in [7, 11) is 2.19. The van der Waals surface area contributed by atoms with Crippen molar-refractivity contribution < 1.29 is 0 Å². The predicted octanol–water partition coefficient (Wildman–Crippen LogP) is 4.82. The van der Waals surface area contributed by atoms with E-state index in [4.69, 9.17) is 0 Å². The van der Waals surface area contributed by atoms with Gasteiger partial charge in [-0.25, -0.2) is 0 Å². The fourth-order valence-electron chi connectivity index (χ4n) is 2.74. The summed E-state index contributed by atoms with van der Waals surface area (Å²) in [6.07, 6.45) is 0. The third kappa shape index (κ3) is 1.37. The Morgan fingerprint density at radius 2 is 1.88 bits per heavy atom. The lowest BCUT2D eigenvalue weighted by Gasteiger charge is -2.08. The highest BCUT2D eigenvalue weighted by Crippen LogP contribution is 2.41. The van der Waals surface area contributed by atoms with Crippen LogP contribution in [0.1, 0.15) is 31.2 Å². The van der Waals surface area contributed by atoms with Crippen LogP contribution in [0.2, 0.25) is 0 Å². The second-order valence-corrected chi connectivity index (χ2v) is 6.04. The zero-order valence-corrected chi connectivity index (χ0v) is 11.6. The van der Waals surface area contributed by atoms with Gasteiger partial charge in [-0.3, -0.25) is 0 Å². The minimum Gasteiger partial charge on any atom is -0.350 e. The zero-order valence-electron chi connectivity index (χ0n) is 10.7. The van der Waals surface area contributed by atoms with E-state index in [1.807, 2.05) is 11.3 Å². The van der Waals surface area contributed by atoms with E-state index in [0.29, 0.717) is 5.92 Å². The molecule has 2 heterocycles. The average Bonchev–Trinajstić information content (AvgIpc) is 2.76. The minimum absolute atomic E-state index is 0.573. The molecule has 2 aromatic heterocycles. The van der Waals surface area contributed by atoms with Crippen molar-refractivity contribution in [3.63, 3.8) is 0 Å². The van der Waals surface area contributed by atoms with Gasteiger partial charge in [0.1, 0.15) is 0 Å². The summed E-state index contributed by atoms with van der Waals surface area (Å²) in [6.45, 7) is 6.78. The van der Waals surface area contributed by atoms with Crippen LogP contribution in [0.3, 0.4) is 0 Å². The van der Waals surface area contributed by atoms with Crippen LogP contribution in [0, 0.1) is 6.92 Å². The molecule has 3 aromatic rings. The third-order valence-corrected chi connectivity index (χ3v) is 4.79. The molecular formula is C15H17NS. The van der Waals surface area contributed by atoms with Crippen LogP contribution in [0.15, 0.2) is 24.3 Å². The van der Waals surface area contributed by atoms with Crippen molar-refractivity contribution in [2.45, 2.75) is 26.7 Å². The fourth-order valence-corrected chi connectivity index (χ4v) is 4.22. The molecule has 2 heteroatoms. The summed E-state index contributed by atoms with van der Waals surface area (Å²) >= 11 is 1.93. The molecule has 0 radical (unpaired) electrons. The first-order valence-corrected chi connectivity index (χ1v) is 6.89. The van der Waals surface area contributed by atoms with E-state index >= 15 is 0 Å². The third-order valence-electron chi connectivity index (χ3n) is 3.60. The standard InChI is InChI=1S/C15H17NS/c1-9(2)14-15-13(10(3)16(14)4)11-7-5-6-8-12(11)17-15/h5-9H,1-4H3. The molecule has 0 amide bonds. The molecule has 3 rings (SSSR count). The first kappa shape index (κ1) is 10.8. The monoisotopic (exact) mass is 243 g/mol. The fraction of sp³-hybridized carbons (Fsp3) is 0.333. The van der Waals surface area contributed by atoms with Gasteiger partial charge in [0.05, 0.1) is 4.70 Å². The molecule has 0 bridgehead atoms. The van der Waals surface area contributed by atoms with Crippen LogP contribution >= 0.6 is 11.3 Å². The van der Waals surface area contributed by atoms with Crippen LogP contribution in [0.4, 0.5) is 0 Å². The van der Waals surface area contributed by atoms with E-state index in [0.717, 1.165) is 0 Å². The van der Waals surface area contributed by atoms with Crippen LogP contribution in [-0.4, -0.2) is 4.57 Å². The smallest absolute Gasteiger partial charge is 0.0570 e. The summed E-state index contributed by atoms with van der Waals surface area (Å²) in [4.78, 5) is 0. The largest absolute Gasteiger partial charge is 0.350 e. The van der Waals surface area contributed by atoms with E-state index in [1.165, 1.54) is 31.6 Å². The number of aryl methyl sites for hydroxylation is 1. The van der Waals surface area contributed by atoms with Crippen molar-refractivity contribution in [3.05, 3.63) is 35.7 Å². The molecule has 0 spiro atoms. The summed E-state index contributed by atoms with van der Waals surface area (Å²) in [5.74, 6) is 0.573. The highest BCUT2D eigenvalue weighted by Gasteiger charge is 2.18. The topological polar surface area (TPSA) is 4.93 Å². The number of hydrogen-bond donors (Lipinski definition) is 0. The maximum Gasteiger partial charge on any atom is 0.0570 e. The molecule has 17 heavy (non-hydrogen) atoms. The Balaban J connectivity index is 2.55. The molecule has 0 unspecified atom stereocenters. The number of hydrogen-bond acceptors (Lipinski definition) is 1. The summed E-state index contributed by atoms with van der Waals surface area (Å²) in [5, 5.41) is 2.87. The van der Waals surface area contributed by atoms with Gasteiger partial charge in [-0.05, 0) is 18.9 Å². The number of fused-ring (bicyclic) bond motifs is 3. The molecule has 0 atom stereocenters. The zero-order chi connectivity index (χ0) is 12.2. The Hall–Kier alpha value is -1.28. The molecular weight excluding hydrogens is 226 g/mol. The number of nitrogens with zero attached hydrogens (tertiary/aromatic N) is 1. The minimum atomic E-state index is 0.573. The van der Waals surface area contributed by atoms with Crippen molar-refractivity contribution in [2.24, 2.45) is 7.05 Å². The van der Waals surface area contributed by atoms with Gasteiger partial charge in [0, 0.05) is 33.9 Å². The predicted molar refractivity (Wildman–Crippen MR) is 77.1 cm³/mol. The molecule has 0 aliphatic rings. The summed E-state index contributed by atoms with van der Waals surface area (Å²) < 4.78 is 5.24. The van der Waals surface area contributed by atoms with Gasteiger partial charge in [-0.15, -0.1) is 11.3 Å². The summed E-state index contributed by atoms with van der Waals surface area (Å²) in [5.41, 5.74) is 2.86. The molecule has 0 aliphatic carbocycles. The van der Waals surface area contributed by atoms with Crippen molar-refractivity contribution in [3.8, 4) is 0 Å². The highest BCUT2D eigenvalue weighted by atomic mass is 32.1. The van der Waals surface area contributed by atoms with Gasteiger partial charge in [0.2, 0.25) is 0 Å². The number of aromatic nitrogens is 1. The maximum absolute atomic E-state index is 2.36. The van der Waals surface area contributed by atoms with Gasteiger partial charge in [-0.1, -0.05) is 32.0 Å². The highest BCUT2D eigenvalue weighted by molar-refractivity contribution is 7.26. The van der Waals surface area contributed by atoms with E-state index < -0.39 is 0 Å². The molecule has 0 saturated carbocycles. The van der Waals surface area contributed by atoms with E-state index in [2.05, 4.69) is 56.7 Å². The first-order chi connectivity index (χ1) is 8.11. The Morgan fingerprint density at radius 1 is 1.18 bits per heavy atom. The average molecular weight is 243 g/mol. The molecule has 0 fully saturated rings. The summed E-state index contributed by atoms with van der Waals surface area (Å²) in [6, 6.07) is 8.73. The quantitative estimate of drug-likeness (QED) is 0.577. The van der Waals surface area contributed by atoms with Crippen molar-refractivity contribution in [1.29, 1.82) is 0 Å². The number of thiophene rings is 1. The van der Waals surface area contributed by atoms with Gasteiger partial charge >= 0.3 is 0 Å². The Morgan fingerprint density at radius 3 is 2.59 bits per heavy atom. The number of rotatable bonds is 1. The Bertz CT molecular complexity index is 700. The van der Waals surface area contributed by atoms with Crippen molar-refractivity contribution in [2.75, 3.05) is 0 Å². The van der Waals surface area contributed by atoms with E-state index in [1.54, 1.807) is 0 Å². The molecule has 1 aromatic carbocycles. The lowest BCUT2D eigenvalue weighted by atomic mass is 10.1. The van der Waals surface area contributed by atoms with E-state index in [-0.39, 0.29) is 0 Å². The van der Waals surface area contributed by atoms with Gasteiger partial charge in [0.15, 0.2) is 0 Å². The van der Waals surface area contributed by atoms with Gasteiger partial charge < -0.3 is 4.57 Å². The molecule has 88 valence electrons. The van der Waals surface area contributed by atoms with Crippen LogP contribution in [0.5, 0.6) is 0 Å². The first-order valence-electron chi connectivity index (χ1n) is 6.07. The molecule has 0 aliphatic heterocycles.